The van der Waals surface area contributed by atoms with Gasteiger partial charge >= 0.3 is 5.97 Å². The average molecular weight is 359 g/mol. The molecular weight excluding hydrogens is 348 g/mol. The van der Waals surface area contributed by atoms with Gasteiger partial charge in [0.15, 0.2) is 0 Å². The van der Waals surface area contributed by atoms with Crippen LogP contribution >= 0.6 is 22.9 Å². The Bertz CT molecular complexity index is 948. The zero-order valence-corrected chi connectivity index (χ0v) is 13.8. The van der Waals surface area contributed by atoms with Gasteiger partial charge in [0.2, 0.25) is 0 Å². The van der Waals surface area contributed by atoms with Crippen molar-refractivity contribution in [2.24, 2.45) is 5.10 Å². The van der Waals surface area contributed by atoms with E-state index < -0.39 is 5.97 Å². The summed E-state index contributed by atoms with van der Waals surface area (Å²) in [5.41, 5.74) is 3.28. The highest BCUT2D eigenvalue weighted by Gasteiger charge is 2.16. The van der Waals surface area contributed by atoms with Crippen LogP contribution in [0.3, 0.4) is 0 Å². The number of benzene rings is 2. The highest BCUT2D eigenvalue weighted by molar-refractivity contribution is 7.21. The Morgan fingerprint density at radius 3 is 2.50 bits per heavy atom. The second kappa shape index (κ2) is 6.82. The van der Waals surface area contributed by atoms with Gasteiger partial charge in [-0.3, -0.25) is 4.79 Å². The van der Waals surface area contributed by atoms with Crippen LogP contribution in [0.25, 0.3) is 10.1 Å². The third kappa shape index (κ3) is 3.29. The third-order valence-corrected chi connectivity index (χ3v) is 4.95. The van der Waals surface area contributed by atoms with Crippen molar-refractivity contribution in [3.05, 3.63) is 69.6 Å². The molecule has 0 spiro atoms. The quantitative estimate of drug-likeness (QED) is 0.546. The van der Waals surface area contributed by atoms with Gasteiger partial charge in [0.05, 0.1) is 16.8 Å². The number of carbonyl (C=O) groups is 2. The minimum absolute atomic E-state index is 0.188. The summed E-state index contributed by atoms with van der Waals surface area (Å²) in [6, 6.07) is 13.6. The summed E-state index contributed by atoms with van der Waals surface area (Å²) >= 11 is 7.54. The summed E-state index contributed by atoms with van der Waals surface area (Å²) in [6.07, 6.45) is 1.44. The summed E-state index contributed by atoms with van der Waals surface area (Å²) in [5.74, 6) is -1.38. The number of fused-ring (bicyclic) bond motifs is 1. The second-order valence-electron chi connectivity index (χ2n) is 4.87. The highest BCUT2D eigenvalue weighted by Crippen LogP contribution is 2.34. The lowest BCUT2D eigenvalue weighted by molar-refractivity contribution is 0.0696. The van der Waals surface area contributed by atoms with Crippen LogP contribution in [0.1, 0.15) is 25.6 Å². The standard InChI is InChI=1S/C17H11ClN2O3S/c18-14-12-3-1-2-4-13(12)24-15(14)16(21)20-19-9-10-5-7-11(8-6-10)17(22)23/h1-9H,(H,20,21)(H,22,23)/b19-9-. The summed E-state index contributed by atoms with van der Waals surface area (Å²) < 4.78 is 0.931. The van der Waals surface area contributed by atoms with Crippen molar-refractivity contribution in [1.82, 2.24) is 5.43 Å². The molecule has 0 bridgehead atoms. The molecule has 2 aromatic carbocycles. The third-order valence-electron chi connectivity index (χ3n) is 3.28. The van der Waals surface area contributed by atoms with Crippen molar-refractivity contribution in [3.8, 4) is 0 Å². The topological polar surface area (TPSA) is 78.8 Å². The predicted octanol–water partition coefficient (Wildman–Crippen LogP) is 4.02. The second-order valence-corrected chi connectivity index (χ2v) is 6.30. The first-order chi connectivity index (χ1) is 11.6. The Hall–Kier alpha value is -2.70. The van der Waals surface area contributed by atoms with E-state index in [9.17, 15) is 9.59 Å². The number of hydrogen-bond donors (Lipinski definition) is 2. The molecule has 24 heavy (non-hydrogen) atoms. The van der Waals surface area contributed by atoms with E-state index in [0.29, 0.717) is 15.5 Å². The van der Waals surface area contributed by atoms with Gasteiger partial charge in [-0.25, -0.2) is 10.2 Å². The molecule has 1 heterocycles. The van der Waals surface area contributed by atoms with Crippen molar-refractivity contribution < 1.29 is 14.7 Å². The summed E-state index contributed by atoms with van der Waals surface area (Å²) in [6.45, 7) is 0. The molecule has 0 fully saturated rings. The molecule has 1 amide bonds. The van der Waals surface area contributed by atoms with Gasteiger partial charge in [-0.1, -0.05) is 41.9 Å². The lowest BCUT2D eigenvalue weighted by Gasteiger charge is -1.98. The molecule has 0 aliphatic carbocycles. The largest absolute Gasteiger partial charge is 0.478 e. The van der Waals surface area contributed by atoms with Crippen molar-refractivity contribution in [3.63, 3.8) is 0 Å². The molecule has 5 nitrogen and oxygen atoms in total. The van der Waals surface area contributed by atoms with E-state index in [4.69, 9.17) is 16.7 Å². The van der Waals surface area contributed by atoms with Crippen LogP contribution in [0.2, 0.25) is 5.02 Å². The van der Waals surface area contributed by atoms with E-state index >= 15 is 0 Å². The van der Waals surface area contributed by atoms with E-state index in [1.54, 1.807) is 12.1 Å². The fourth-order valence-electron chi connectivity index (χ4n) is 2.09. The summed E-state index contributed by atoms with van der Waals surface area (Å²) in [5, 5.41) is 14.0. The number of hydrogen-bond acceptors (Lipinski definition) is 4. The average Bonchev–Trinajstić information content (AvgIpc) is 2.93. The maximum atomic E-state index is 12.2. The number of nitrogens with one attached hydrogen (secondary N) is 1. The maximum Gasteiger partial charge on any atom is 0.335 e. The van der Waals surface area contributed by atoms with E-state index in [-0.39, 0.29) is 11.5 Å². The molecular formula is C17H11ClN2O3S. The van der Waals surface area contributed by atoms with Gasteiger partial charge < -0.3 is 5.11 Å². The zero-order valence-electron chi connectivity index (χ0n) is 12.2. The fourth-order valence-corrected chi connectivity index (χ4v) is 3.49. The fraction of sp³-hybridized carbons (Fsp3) is 0. The van der Waals surface area contributed by atoms with Gasteiger partial charge in [-0.05, 0) is 23.8 Å². The molecule has 120 valence electrons. The molecule has 0 atom stereocenters. The van der Waals surface area contributed by atoms with E-state index in [1.807, 2.05) is 24.3 Å². The summed E-state index contributed by atoms with van der Waals surface area (Å²) in [4.78, 5) is 23.4. The molecule has 3 aromatic rings. The van der Waals surface area contributed by atoms with Crippen molar-refractivity contribution in [2.45, 2.75) is 0 Å². The van der Waals surface area contributed by atoms with Crippen LogP contribution in [-0.4, -0.2) is 23.2 Å². The smallest absolute Gasteiger partial charge is 0.335 e. The molecule has 0 aliphatic rings. The molecule has 1 aromatic heterocycles. The lowest BCUT2D eigenvalue weighted by atomic mass is 10.1. The van der Waals surface area contributed by atoms with Crippen LogP contribution in [0.15, 0.2) is 53.6 Å². The first-order valence-electron chi connectivity index (χ1n) is 6.90. The number of carboxylic acid groups (broad SMARTS) is 1. The first-order valence-corrected chi connectivity index (χ1v) is 8.09. The van der Waals surface area contributed by atoms with Gasteiger partial charge in [0, 0.05) is 10.1 Å². The zero-order chi connectivity index (χ0) is 17.1. The molecule has 2 N–H and O–H groups in total. The van der Waals surface area contributed by atoms with E-state index in [1.165, 1.54) is 29.7 Å². The lowest BCUT2D eigenvalue weighted by Crippen LogP contribution is -2.16. The first kappa shape index (κ1) is 16.2. The van der Waals surface area contributed by atoms with E-state index in [0.717, 1.165) is 10.1 Å². The maximum absolute atomic E-state index is 12.2. The molecule has 0 saturated heterocycles. The normalized spacial score (nSPS) is 11.0. The number of halogens is 1. The minimum atomic E-state index is -0.994. The van der Waals surface area contributed by atoms with Crippen molar-refractivity contribution >= 4 is 51.1 Å². The Morgan fingerprint density at radius 1 is 1.12 bits per heavy atom. The number of amides is 1. The Kier molecular flexibility index (Phi) is 4.59. The predicted molar refractivity (Wildman–Crippen MR) is 95.3 cm³/mol. The number of carbonyl (C=O) groups excluding carboxylic acids is 1. The Balaban J connectivity index is 1.72. The minimum Gasteiger partial charge on any atom is -0.478 e. The van der Waals surface area contributed by atoms with Crippen LogP contribution < -0.4 is 5.43 Å². The number of nitrogens with zero attached hydrogens (tertiary/aromatic N) is 1. The highest BCUT2D eigenvalue weighted by atomic mass is 35.5. The SMILES string of the molecule is O=C(O)c1ccc(/C=N\NC(=O)c2sc3ccccc3c2Cl)cc1. The molecule has 0 radical (unpaired) electrons. The number of hydrazone groups is 1. The van der Waals surface area contributed by atoms with Crippen LogP contribution in [-0.2, 0) is 0 Å². The van der Waals surface area contributed by atoms with Crippen LogP contribution in [0.5, 0.6) is 0 Å². The van der Waals surface area contributed by atoms with E-state index in [2.05, 4.69) is 10.5 Å². The van der Waals surface area contributed by atoms with Crippen molar-refractivity contribution in [1.29, 1.82) is 0 Å². The van der Waals surface area contributed by atoms with Crippen molar-refractivity contribution in [2.75, 3.05) is 0 Å². The van der Waals surface area contributed by atoms with Crippen LogP contribution in [0.4, 0.5) is 0 Å². The van der Waals surface area contributed by atoms with Gasteiger partial charge in [-0.15, -0.1) is 11.3 Å². The Labute approximate surface area is 146 Å². The number of rotatable bonds is 4. The molecule has 0 saturated carbocycles. The van der Waals surface area contributed by atoms with Gasteiger partial charge in [0.1, 0.15) is 4.88 Å². The van der Waals surface area contributed by atoms with Gasteiger partial charge in [0.25, 0.3) is 5.91 Å². The molecule has 0 unspecified atom stereocenters. The number of aromatic carboxylic acids is 1. The van der Waals surface area contributed by atoms with Gasteiger partial charge in [-0.2, -0.15) is 5.10 Å². The van der Waals surface area contributed by atoms with Crippen LogP contribution in [0, 0.1) is 0 Å². The molecule has 7 heteroatoms. The Morgan fingerprint density at radius 2 is 1.83 bits per heavy atom. The number of thiophene rings is 1. The molecule has 3 rings (SSSR count). The molecule has 0 aliphatic heterocycles. The number of carboxylic acids is 1. The summed E-state index contributed by atoms with van der Waals surface area (Å²) in [7, 11) is 0. The monoisotopic (exact) mass is 358 g/mol.